The highest BCUT2D eigenvalue weighted by molar-refractivity contribution is 6.31. The number of carbonyl (C=O) groups excluding carboxylic acids is 1. The molecular weight excluding hydrogens is 435 g/mol. The molecule has 1 amide bonds. The Balaban J connectivity index is 1.58. The van der Waals surface area contributed by atoms with Gasteiger partial charge in [0.15, 0.2) is 11.5 Å². The molecule has 0 aliphatic heterocycles. The van der Waals surface area contributed by atoms with Crippen LogP contribution in [0.3, 0.4) is 0 Å². The number of rotatable bonds is 6. The van der Waals surface area contributed by atoms with E-state index >= 15 is 0 Å². The molecule has 0 spiro atoms. The maximum absolute atomic E-state index is 13.5. The van der Waals surface area contributed by atoms with E-state index in [0.29, 0.717) is 28.5 Å². The fourth-order valence-corrected chi connectivity index (χ4v) is 4.10. The van der Waals surface area contributed by atoms with Gasteiger partial charge in [0, 0.05) is 30.1 Å². The number of hydrogen-bond donors (Lipinski definition) is 2. The van der Waals surface area contributed by atoms with Crippen molar-refractivity contribution in [1.82, 2.24) is 15.3 Å². The molecule has 0 unspecified atom stereocenters. The summed E-state index contributed by atoms with van der Waals surface area (Å²) in [4.78, 5) is 20.0. The summed E-state index contributed by atoms with van der Waals surface area (Å²) in [5.41, 5.74) is 1.28. The third-order valence-corrected chi connectivity index (χ3v) is 5.77. The van der Waals surface area contributed by atoms with E-state index in [0.717, 1.165) is 31.1 Å². The number of methoxy groups -OCH3 is 1. The number of halogens is 2. The zero-order valence-corrected chi connectivity index (χ0v) is 18.6. The van der Waals surface area contributed by atoms with E-state index in [1.165, 1.54) is 25.4 Å². The van der Waals surface area contributed by atoms with Crippen LogP contribution in [0, 0.1) is 5.82 Å². The van der Waals surface area contributed by atoms with E-state index in [9.17, 15) is 9.18 Å². The first-order valence-corrected chi connectivity index (χ1v) is 10.8. The van der Waals surface area contributed by atoms with Crippen LogP contribution in [0.4, 0.5) is 15.9 Å². The molecule has 2 N–H and O–H groups in total. The minimum Gasteiger partial charge on any atom is -0.493 e. The second-order valence-electron chi connectivity index (χ2n) is 7.79. The molecule has 7 nitrogen and oxygen atoms in total. The summed E-state index contributed by atoms with van der Waals surface area (Å²) in [6.45, 7) is 1.54. The molecule has 3 aromatic rings. The Kier molecular flexibility index (Phi) is 6.60. The monoisotopic (exact) mass is 458 g/mol. The van der Waals surface area contributed by atoms with Crippen molar-refractivity contribution in [3.63, 3.8) is 0 Å². The highest BCUT2D eigenvalue weighted by Gasteiger charge is 2.24. The first-order chi connectivity index (χ1) is 15.4. The molecule has 9 heteroatoms. The SMILES string of the molecule is COc1cc2ncnc(Nc3ccc(F)c(Cl)c3)c2cc1O[C@H]1CC[C@@H](NC(C)=O)CC1. The van der Waals surface area contributed by atoms with Crippen LogP contribution in [0.2, 0.25) is 5.02 Å². The van der Waals surface area contributed by atoms with Gasteiger partial charge in [-0.15, -0.1) is 0 Å². The van der Waals surface area contributed by atoms with Gasteiger partial charge in [0.25, 0.3) is 0 Å². The zero-order valence-electron chi connectivity index (χ0n) is 17.8. The van der Waals surface area contributed by atoms with Gasteiger partial charge in [-0.25, -0.2) is 14.4 Å². The van der Waals surface area contributed by atoms with Crippen LogP contribution < -0.4 is 20.1 Å². The number of amides is 1. The lowest BCUT2D eigenvalue weighted by molar-refractivity contribution is -0.120. The first kappa shape index (κ1) is 22.1. The summed E-state index contributed by atoms with van der Waals surface area (Å²) in [7, 11) is 1.59. The Labute approximate surface area is 190 Å². The number of hydrogen-bond acceptors (Lipinski definition) is 6. The van der Waals surface area contributed by atoms with E-state index in [2.05, 4.69) is 20.6 Å². The van der Waals surface area contributed by atoms with Crippen molar-refractivity contribution in [1.29, 1.82) is 0 Å². The second kappa shape index (κ2) is 9.56. The molecule has 1 aliphatic rings. The number of nitrogens with zero attached hydrogens (tertiary/aromatic N) is 2. The standard InChI is InChI=1S/C23H24ClFN4O3/c1-13(30)28-14-3-6-16(7-4-14)32-22-10-17-20(11-21(22)31-2)26-12-27-23(17)29-15-5-8-19(25)18(24)9-15/h5,8-12,14,16H,3-4,6-7H2,1-2H3,(H,28,30)(H,26,27,29)/t14-,16+. The Hall–Kier alpha value is -3.13. The maximum Gasteiger partial charge on any atom is 0.217 e. The summed E-state index contributed by atoms with van der Waals surface area (Å²) in [6.07, 6.45) is 4.85. The maximum atomic E-state index is 13.5. The van der Waals surface area contributed by atoms with Gasteiger partial charge in [0.05, 0.1) is 23.8 Å². The van der Waals surface area contributed by atoms with Crippen LogP contribution in [0.1, 0.15) is 32.6 Å². The van der Waals surface area contributed by atoms with E-state index in [-0.39, 0.29) is 23.1 Å². The predicted molar refractivity (Wildman–Crippen MR) is 121 cm³/mol. The van der Waals surface area contributed by atoms with Crippen molar-refractivity contribution in [2.75, 3.05) is 12.4 Å². The van der Waals surface area contributed by atoms with Crippen LogP contribution in [0.15, 0.2) is 36.7 Å². The van der Waals surface area contributed by atoms with Crippen LogP contribution >= 0.6 is 11.6 Å². The molecule has 2 aromatic carbocycles. The highest BCUT2D eigenvalue weighted by atomic mass is 35.5. The minimum absolute atomic E-state index is 0.00645. The van der Waals surface area contributed by atoms with Gasteiger partial charge in [-0.05, 0) is 49.9 Å². The van der Waals surface area contributed by atoms with Crippen molar-refractivity contribution in [2.45, 2.75) is 44.8 Å². The number of carbonyl (C=O) groups is 1. The van der Waals surface area contributed by atoms with Crippen LogP contribution in [0.25, 0.3) is 10.9 Å². The van der Waals surface area contributed by atoms with Crippen molar-refractivity contribution in [2.24, 2.45) is 0 Å². The lowest BCUT2D eigenvalue weighted by Crippen LogP contribution is -2.38. The average molecular weight is 459 g/mol. The summed E-state index contributed by atoms with van der Waals surface area (Å²) < 4.78 is 25.3. The minimum atomic E-state index is -0.488. The molecule has 0 atom stereocenters. The van der Waals surface area contributed by atoms with Crippen molar-refractivity contribution >= 4 is 39.9 Å². The van der Waals surface area contributed by atoms with Crippen LogP contribution in [-0.2, 0) is 4.79 Å². The van der Waals surface area contributed by atoms with Gasteiger partial charge in [-0.3, -0.25) is 4.79 Å². The summed E-state index contributed by atoms with van der Waals surface area (Å²) in [6, 6.07) is 8.23. The fourth-order valence-electron chi connectivity index (χ4n) is 3.92. The molecule has 32 heavy (non-hydrogen) atoms. The number of nitrogens with one attached hydrogen (secondary N) is 2. The molecule has 4 rings (SSSR count). The molecule has 1 heterocycles. The van der Waals surface area contributed by atoms with Crippen molar-refractivity contribution in [3.8, 4) is 11.5 Å². The van der Waals surface area contributed by atoms with Crippen molar-refractivity contribution < 1.29 is 18.7 Å². The summed E-state index contributed by atoms with van der Waals surface area (Å²) in [5.74, 6) is 1.22. The Morgan fingerprint density at radius 3 is 2.59 bits per heavy atom. The van der Waals surface area contributed by atoms with Crippen LogP contribution in [0.5, 0.6) is 11.5 Å². The lowest BCUT2D eigenvalue weighted by atomic mass is 9.93. The number of benzene rings is 2. The van der Waals surface area contributed by atoms with E-state index in [1.54, 1.807) is 19.2 Å². The number of ether oxygens (including phenoxy) is 2. The summed E-state index contributed by atoms with van der Waals surface area (Å²) >= 11 is 5.90. The molecular formula is C23H24ClFN4O3. The smallest absolute Gasteiger partial charge is 0.217 e. The lowest BCUT2D eigenvalue weighted by Gasteiger charge is -2.29. The Morgan fingerprint density at radius 1 is 1.12 bits per heavy atom. The molecule has 0 radical (unpaired) electrons. The fraction of sp³-hybridized carbons (Fsp3) is 0.348. The molecule has 168 valence electrons. The molecule has 0 bridgehead atoms. The molecule has 1 saturated carbocycles. The highest BCUT2D eigenvalue weighted by Crippen LogP contribution is 2.37. The van der Waals surface area contributed by atoms with Gasteiger partial charge in [0.1, 0.15) is 18.0 Å². The van der Waals surface area contributed by atoms with Gasteiger partial charge < -0.3 is 20.1 Å². The zero-order chi connectivity index (χ0) is 22.7. The molecule has 1 aromatic heterocycles. The third-order valence-electron chi connectivity index (χ3n) is 5.48. The van der Waals surface area contributed by atoms with Gasteiger partial charge in [-0.1, -0.05) is 11.6 Å². The molecule has 0 saturated heterocycles. The summed E-state index contributed by atoms with van der Waals surface area (Å²) in [5, 5.41) is 6.90. The quantitative estimate of drug-likeness (QED) is 0.540. The van der Waals surface area contributed by atoms with E-state index in [4.69, 9.17) is 21.1 Å². The second-order valence-corrected chi connectivity index (χ2v) is 8.20. The molecule has 1 fully saturated rings. The average Bonchev–Trinajstić information content (AvgIpc) is 2.77. The van der Waals surface area contributed by atoms with Gasteiger partial charge in [0.2, 0.25) is 5.91 Å². The predicted octanol–water partition coefficient (Wildman–Crippen LogP) is 5.00. The third kappa shape index (κ3) is 5.02. The topological polar surface area (TPSA) is 85.4 Å². The Morgan fingerprint density at radius 2 is 1.91 bits per heavy atom. The van der Waals surface area contributed by atoms with E-state index in [1.807, 2.05) is 6.07 Å². The number of aromatic nitrogens is 2. The Bertz CT molecular complexity index is 1140. The van der Waals surface area contributed by atoms with Crippen LogP contribution in [-0.4, -0.2) is 35.1 Å². The largest absolute Gasteiger partial charge is 0.493 e. The van der Waals surface area contributed by atoms with Gasteiger partial charge in [-0.2, -0.15) is 0 Å². The number of fused-ring (bicyclic) bond motifs is 1. The van der Waals surface area contributed by atoms with Gasteiger partial charge >= 0.3 is 0 Å². The molecule has 1 aliphatic carbocycles. The van der Waals surface area contributed by atoms with E-state index < -0.39 is 5.82 Å². The van der Waals surface area contributed by atoms with Crippen molar-refractivity contribution in [3.05, 3.63) is 47.5 Å². The normalized spacial score (nSPS) is 18.2. The number of anilines is 2. The first-order valence-electron chi connectivity index (χ1n) is 10.4.